The number of nitrogens with one attached hydrogen (secondary N) is 1. The molecule has 114 valence electrons. The smallest absolute Gasteiger partial charge is 0.293 e. The largest absolute Gasteiger partial charge is 0.382 e. The molecule has 1 aromatic rings. The van der Waals surface area contributed by atoms with Crippen LogP contribution in [0.3, 0.4) is 0 Å². The van der Waals surface area contributed by atoms with Crippen LogP contribution in [0.1, 0.15) is 24.2 Å². The van der Waals surface area contributed by atoms with E-state index in [1.807, 2.05) is 13.8 Å². The predicted molar refractivity (Wildman–Crippen MR) is 78.6 cm³/mol. The van der Waals surface area contributed by atoms with Gasteiger partial charge in [0.15, 0.2) is 0 Å². The molecule has 2 atom stereocenters. The number of hydrogen-bond acceptors (Lipinski definition) is 5. The summed E-state index contributed by atoms with van der Waals surface area (Å²) in [6.07, 6.45) is -0.0936. The van der Waals surface area contributed by atoms with E-state index in [1.54, 1.807) is 18.0 Å². The minimum absolute atomic E-state index is 0.0468. The summed E-state index contributed by atoms with van der Waals surface area (Å²) in [4.78, 5) is 24.9. The van der Waals surface area contributed by atoms with Crippen LogP contribution in [0, 0.1) is 10.1 Å². The Balaban J connectivity index is 2.35. The summed E-state index contributed by atoms with van der Waals surface area (Å²) in [5.41, 5.74) is 0.463. The van der Waals surface area contributed by atoms with Gasteiger partial charge in [-0.2, -0.15) is 0 Å². The van der Waals surface area contributed by atoms with Crippen molar-refractivity contribution >= 4 is 17.3 Å². The number of ether oxygens (including phenoxy) is 1. The third kappa shape index (κ3) is 3.13. The summed E-state index contributed by atoms with van der Waals surface area (Å²) in [5, 5.41) is 13.8. The van der Waals surface area contributed by atoms with Crippen molar-refractivity contribution in [2.75, 3.05) is 25.5 Å². The Morgan fingerprint density at radius 2 is 2.00 bits per heavy atom. The van der Waals surface area contributed by atoms with E-state index in [9.17, 15) is 14.9 Å². The number of para-hydroxylation sites is 1. The van der Waals surface area contributed by atoms with Gasteiger partial charge in [0.1, 0.15) is 5.69 Å². The molecule has 0 aliphatic carbocycles. The van der Waals surface area contributed by atoms with Crippen LogP contribution in [0.2, 0.25) is 0 Å². The minimum atomic E-state index is -0.493. The Hall–Kier alpha value is -2.15. The standard InChI is InChI=1S/C14H19N3O4/c1-9-7-16(8-10(2)21-9)14(18)11-5-4-6-12(17(19)20)13(11)15-3/h4-6,9-10,15H,7-8H2,1-3H3. The van der Waals surface area contributed by atoms with Gasteiger partial charge in [0, 0.05) is 26.2 Å². The lowest BCUT2D eigenvalue weighted by Gasteiger charge is -2.35. The highest BCUT2D eigenvalue weighted by Crippen LogP contribution is 2.29. The van der Waals surface area contributed by atoms with Crippen molar-refractivity contribution in [3.63, 3.8) is 0 Å². The fourth-order valence-electron chi connectivity index (χ4n) is 2.65. The fraction of sp³-hybridized carbons (Fsp3) is 0.500. The third-order valence-corrected chi connectivity index (χ3v) is 3.43. The van der Waals surface area contributed by atoms with Gasteiger partial charge in [0.05, 0.1) is 22.7 Å². The van der Waals surface area contributed by atoms with Crippen molar-refractivity contribution in [2.24, 2.45) is 0 Å². The molecule has 1 saturated heterocycles. The third-order valence-electron chi connectivity index (χ3n) is 3.43. The van der Waals surface area contributed by atoms with Crippen LogP contribution < -0.4 is 5.32 Å². The zero-order chi connectivity index (χ0) is 15.6. The number of anilines is 1. The van der Waals surface area contributed by atoms with Gasteiger partial charge in [0.2, 0.25) is 0 Å². The van der Waals surface area contributed by atoms with E-state index in [1.165, 1.54) is 12.1 Å². The lowest BCUT2D eigenvalue weighted by atomic mass is 10.1. The van der Waals surface area contributed by atoms with E-state index < -0.39 is 4.92 Å². The second-order valence-electron chi connectivity index (χ2n) is 5.17. The van der Waals surface area contributed by atoms with Gasteiger partial charge in [0.25, 0.3) is 11.6 Å². The number of benzene rings is 1. The Morgan fingerprint density at radius 1 is 1.38 bits per heavy atom. The molecule has 7 nitrogen and oxygen atoms in total. The molecule has 1 aromatic carbocycles. The van der Waals surface area contributed by atoms with Crippen LogP contribution in [0.15, 0.2) is 18.2 Å². The van der Waals surface area contributed by atoms with Crippen molar-refractivity contribution in [1.29, 1.82) is 0 Å². The van der Waals surface area contributed by atoms with Crippen LogP contribution in [-0.2, 0) is 4.74 Å². The molecule has 21 heavy (non-hydrogen) atoms. The second kappa shape index (κ2) is 6.09. The summed E-state index contributed by atoms with van der Waals surface area (Å²) in [5.74, 6) is -0.218. The molecule has 0 radical (unpaired) electrons. The highest BCUT2D eigenvalue weighted by Gasteiger charge is 2.29. The van der Waals surface area contributed by atoms with Crippen LogP contribution in [0.5, 0.6) is 0 Å². The lowest BCUT2D eigenvalue weighted by Crippen LogP contribution is -2.48. The summed E-state index contributed by atoms with van der Waals surface area (Å²) in [6, 6.07) is 4.51. The minimum Gasteiger partial charge on any atom is -0.382 e. The van der Waals surface area contributed by atoms with E-state index in [4.69, 9.17) is 4.74 Å². The highest BCUT2D eigenvalue weighted by atomic mass is 16.6. The molecule has 1 aliphatic heterocycles. The summed E-state index contributed by atoms with van der Waals surface area (Å²) in [6.45, 7) is 4.77. The van der Waals surface area contributed by atoms with E-state index in [-0.39, 0.29) is 29.5 Å². The number of amides is 1. The summed E-state index contributed by atoms with van der Waals surface area (Å²) >= 11 is 0. The topological polar surface area (TPSA) is 84.7 Å². The number of carbonyl (C=O) groups is 1. The van der Waals surface area contributed by atoms with Crippen molar-refractivity contribution in [2.45, 2.75) is 26.1 Å². The number of nitro groups is 1. The van der Waals surface area contributed by atoms with Gasteiger partial charge in [-0.25, -0.2) is 0 Å². The predicted octanol–water partition coefficient (Wildman–Crippen LogP) is 1.89. The van der Waals surface area contributed by atoms with Crippen LogP contribution in [-0.4, -0.2) is 48.1 Å². The first-order chi connectivity index (χ1) is 9.93. The second-order valence-corrected chi connectivity index (χ2v) is 5.17. The maximum absolute atomic E-state index is 12.7. The Labute approximate surface area is 123 Å². The Morgan fingerprint density at radius 3 is 2.52 bits per heavy atom. The quantitative estimate of drug-likeness (QED) is 0.679. The van der Waals surface area contributed by atoms with E-state index >= 15 is 0 Å². The summed E-state index contributed by atoms with van der Waals surface area (Å²) < 4.78 is 5.60. The van der Waals surface area contributed by atoms with Crippen LogP contribution >= 0.6 is 0 Å². The fourth-order valence-corrected chi connectivity index (χ4v) is 2.65. The SMILES string of the molecule is CNc1c(C(=O)N2CC(C)OC(C)C2)cccc1[N+](=O)[O-]. The van der Waals surface area contributed by atoms with Crippen molar-refractivity contribution < 1.29 is 14.5 Å². The molecular weight excluding hydrogens is 274 g/mol. The number of hydrogen-bond donors (Lipinski definition) is 1. The number of morpholine rings is 1. The number of carbonyl (C=O) groups excluding carboxylic acids is 1. The first-order valence-electron chi connectivity index (χ1n) is 6.84. The average molecular weight is 293 g/mol. The molecule has 0 bridgehead atoms. The molecule has 2 rings (SSSR count). The van der Waals surface area contributed by atoms with Gasteiger partial charge < -0.3 is 15.0 Å². The molecule has 1 amide bonds. The van der Waals surface area contributed by atoms with Gasteiger partial charge >= 0.3 is 0 Å². The molecule has 1 N–H and O–H groups in total. The zero-order valence-corrected chi connectivity index (χ0v) is 12.3. The number of nitro benzene ring substituents is 1. The molecule has 1 fully saturated rings. The monoisotopic (exact) mass is 293 g/mol. The van der Waals surface area contributed by atoms with E-state index in [0.717, 1.165) is 0 Å². The summed E-state index contributed by atoms with van der Waals surface area (Å²) in [7, 11) is 1.57. The maximum atomic E-state index is 12.7. The highest BCUT2D eigenvalue weighted by molar-refractivity contribution is 6.01. The molecule has 1 aliphatic rings. The molecule has 2 unspecified atom stereocenters. The Bertz CT molecular complexity index is 551. The van der Waals surface area contributed by atoms with E-state index in [2.05, 4.69) is 5.32 Å². The van der Waals surface area contributed by atoms with Gasteiger partial charge in [-0.3, -0.25) is 14.9 Å². The van der Waals surface area contributed by atoms with Crippen molar-refractivity contribution in [3.05, 3.63) is 33.9 Å². The first kappa shape index (κ1) is 15.2. The van der Waals surface area contributed by atoms with Gasteiger partial charge in [-0.1, -0.05) is 6.07 Å². The van der Waals surface area contributed by atoms with Crippen LogP contribution in [0.4, 0.5) is 11.4 Å². The van der Waals surface area contributed by atoms with Crippen molar-refractivity contribution in [3.8, 4) is 0 Å². The normalized spacial score (nSPS) is 22.0. The Kier molecular flexibility index (Phi) is 4.42. The van der Waals surface area contributed by atoms with Crippen molar-refractivity contribution in [1.82, 2.24) is 4.90 Å². The average Bonchev–Trinajstić information content (AvgIpc) is 2.44. The number of rotatable bonds is 3. The molecule has 1 heterocycles. The first-order valence-corrected chi connectivity index (χ1v) is 6.84. The van der Waals surface area contributed by atoms with Crippen LogP contribution in [0.25, 0.3) is 0 Å². The lowest BCUT2D eigenvalue weighted by molar-refractivity contribution is -0.384. The molecule has 0 spiro atoms. The maximum Gasteiger partial charge on any atom is 0.293 e. The molecule has 0 aromatic heterocycles. The molecule has 7 heteroatoms. The molecular formula is C14H19N3O4. The molecule has 0 saturated carbocycles. The van der Waals surface area contributed by atoms with E-state index in [0.29, 0.717) is 18.7 Å². The van der Waals surface area contributed by atoms with Gasteiger partial charge in [-0.15, -0.1) is 0 Å². The number of nitrogens with zero attached hydrogens (tertiary/aromatic N) is 2. The van der Waals surface area contributed by atoms with Gasteiger partial charge in [-0.05, 0) is 19.9 Å². The zero-order valence-electron chi connectivity index (χ0n) is 12.3.